The summed E-state index contributed by atoms with van der Waals surface area (Å²) in [6.45, 7) is 4.60. The first-order valence-corrected chi connectivity index (χ1v) is 10.5. The van der Waals surface area contributed by atoms with E-state index in [4.69, 9.17) is 4.74 Å². The first kappa shape index (κ1) is 20.1. The Labute approximate surface area is 171 Å². The fourth-order valence-corrected chi connectivity index (χ4v) is 4.11. The topological polar surface area (TPSA) is 86.1 Å². The molecule has 1 aromatic carbocycles. The molecule has 0 aliphatic rings. The van der Waals surface area contributed by atoms with Gasteiger partial charge in [-0.1, -0.05) is 23.9 Å². The Kier molecular flexibility index (Phi) is 6.48. The molecule has 0 aliphatic carbocycles. The Bertz CT molecular complexity index is 983. The molecule has 0 saturated heterocycles. The van der Waals surface area contributed by atoms with Gasteiger partial charge >= 0.3 is 5.97 Å². The maximum Gasteiger partial charge on any atom is 0.337 e. The first-order valence-electron chi connectivity index (χ1n) is 8.62. The summed E-state index contributed by atoms with van der Waals surface area (Å²) in [6.07, 6.45) is 0. The fourth-order valence-electron chi connectivity index (χ4n) is 2.59. The summed E-state index contributed by atoms with van der Waals surface area (Å²) in [7, 11) is 1.32. The molecule has 3 aromatic rings. The third kappa shape index (κ3) is 4.42. The molecular formula is C19H20N4O3S2. The number of hydrogen-bond donors (Lipinski definition) is 1. The van der Waals surface area contributed by atoms with Gasteiger partial charge in [-0.2, -0.15) is 0 Å². The number of esters is 1. The highest BCUT2D eigenvalue weighted by Gasteiger charge is 2.16. The summed E-state index contributed by atoms with van der Waals surface area (Å²) in [5.74, 6) is 0.368. The molecule has 7 nitrogen and oxygen atoms in total. The lowest BCUT2D eigenvalue weighted by Crippen LogP contribution is -2.16. The highest BCUT2D eigenvalue weighted by atomic mass is 32.2. The molecule has 1 amide bonds. The molecule has 146 valence electrons. The van der Waals surface area contributed by atoms with Gasteiger partial charge in [-0.05, 0) is 43.0 Å². The number of rotatable bonds is 7. The molecule has 0 bridgehead atoms. The van der Waals surface area contributed by atoms with Crippen LogP contribution in [0.1, 0.15) is 22.8 Å². The van der Waals surface area contributed by atoms with Crippen LogP contribution in [0.15, 0.2) is 40.9 Å². The summed E-state index contributed by atoms with van der Waals surface area (Å²) in [5, 5.41) is 14.0. The third-order valence-electron chi connectivity index (χ3n) is 4.04. The van der Waals surface area contributed by atoms with Gasteiger partial charge in [0, 0.05) is 12.2 Å². The van der Waals surface area contributed by atoms with Crippen LogP contribution in [0.2, 0.25) is 0 Å². The molecule has 0 atom stereocenters. The lowest BCUT2D eigenvalue weighted by molar-refractivity contribution is -0.113. The van der Waals surface area contributed by atoms with Crippen molar-refractivity contribution in [1.82, 2.24) is 14.8 Å². The number of carbonyl (C=O) groups excluding carboxylic acids is 2. The van der Waals surface area contributed by atoms with Crippen LogP contribution in [0.25, 0.3) is 10.7 Å². The van der Waals surface area contributed by atoms with E-state index >= 15 is 0 Å². The zero-order valence-electron chi connectivity index (χ0n) is 15.8. The Morgan fingerprint density at radius 1 is 1.29 bits per heavy atom. The maximum absolute atomic E-state index is 12.4. The normalized spacial score (nSPS) is 10.7. The minimum absolute atomic E-state index is 0.182. The van der Waals surface area contributed by atoms with Gasteiger partial charge < -0.3 is 14.6 Å². The number of aryl methyl sites for hydroxylation is 1. The number of nitrogens with one attached hydrogen (secondary N) is 1. The summed E-state index contributed by atoms with van der Waals surface area (Å²) in [6, 6.07) is 9.03. The average molecular weight is 417 g/mol. The van der Waals surface area contributed by atoms with Crippen molar-refractivity contribution in [3.05, 3.63) is 46.8 Å². The van der Waals surface area contributed by atoms with Gasteiger partial charge in [-0.3, -0.25) is 4.79 Å². The molecular weight excluding hydrogens is 396 g/mol. The highest BCUT2D eigenvalue weighted by molar-refractivity contribution is 7.99. The summed E-state index contributed by atoms with van der Waals surface area (Å²) < 4.78 is 6.72. The second-order valence-electron chi connectivity index (χ2n) is 5.89. The van der Waals surface area contributed by atoms with Crippen LogP contribution >= 0.6 is 23.1 Å². The predicted molar refractivity (Wildman–Crippen MR) is 111 cm³/mol. The van der Waals surface area contributed by atoms with Gasteiger partial charge in [0.25, 0.3) is 0 Å². The van der Waals surface area contributed by atoms with Crippen molar-refractivity contribution >= 4 is 40.7 Å². The van der Waals surface area contributed by atoms with Gasteiger partial charge in [0.1, 0.15) is 0 Å². The Morgan fingerprint density at radius 3 is 2.79 bits per heavy atom. The Balaban J connectivity index is 1.68. The van der Waals surface area contributed by atoms with E-state index in [1.54, 1.807) is 29.5 Å². The zero-order valence-corrected chi connectivity index (χ0v) is 17.4. The molecule has 2 heterocycles. The van der Waals surface area contributed by atoms with Gasteiger partial charge in [0.15, 0.2) is 11.0 Å². The number of aromatic nitrogens is 3. The third-order valence-corrected chi connectivity index (χ3v) is 5.87. The number of hydrogen-bond acceptors (Lipinski definition) is 7. The summed E-state index contributed by atoms with van der Waals surface area (Å²) in [5.41, 5.74) is 1.84. The Morgan fingerprint density at radius 2 is 2.11 bits per heavy atom. The summed E-state index contributed by atoms with van der Waals surface area (Å²) >= 11 is 2.93. The SMILES string of the molecule is CCn1c(SCC(=O)Nc2cc(C(=O)OC)ccc2C)nnc1-c1cccs1. The van der Waals surface area contributed by atoms with E-state index in [0.29, 0.717) is 23.0 Å². The van der Waals surface area contributed by atoms with Crippen molar-refractivity contribution in [2.45, 2.75) is 25.5 Å². The minimum Gasteiger partial charge on any atom is -0.465 e. The summed E-state index contributed by atoms with van der Waals surface area (Å²) in [4.78, 5) is 25.2. The number of methoxy groups -OCH3 is 1. The average Bonchev–Trinajstić information content (AvgIpc) is 3.36. The number of carbonyl (C=O) groups is 2. The Hall–Kier alpha value is -2.65. The number of benzene rings is 1. The van der Waals surface area contributed by atoms with Crippen LogP contribution in [0, 0.1) is 6.92 Å². The molecule has 1 N–H and O–H groups in total. The van der Waals surface area contributed by atoms with Crippen LogP contribution in [0.4, 0.5) is 5.69 Å². The van der Waals surface area contributed by atoms with Crippen LogP contribution in [-0.4, -0.2) is 39.5 Å². The molecule has 0 unspecified atom stereocenters. The quantitative estimate of drug-likeness (QED) is 0.465. The second-order valence-corrected chi connectivity index (χ2v) is 7.78. The predicted octanol–water partition coefficient (Wildman–Crippen LogP) is 3.85. The first-order chi connectivity index (χ1) is 13.5. The minimum atomic E-state index is -0.443. The van der Waals surface area contributed by atoms with Gasteiger partial charge in [-0.15, -0.1) is 21.5 Å². The molecule has 9 heteroatoms. The van der Waals surface area contributed by atoms with Crippen LogP contribution in [0.5, 0.6) is 0 Å². The van der Waals surface area contributed by atoms with Crippen molar-refractivity contribution in [3.63, 3.8) is 0 Å². The smallest absolute Gasteiger partial charge is 0.337 e. The molecule has 0 aliphatic heterocycles. The number of thiophene rings is 1. The lowest BCUT2D eigenvalue weighted by Gasteiger charge is -2.10. The largest absolute Gasteiger partial charge is 0.465 e. The second kappa shape index (κ2) is 9.03. The van der Waals surface area contributed by atoms with E-state index in [9.17, 15) is 9.59 Å². The van der Waals surface area contributed by atoms with E-state index in [0.717, 1.165) is 16.3 Å². The van der Waals surface area contributed by atoms with Crippen molar-refractivity contribution in [3.8, 4) is 10.7 Å². The van der Waals surface area contributed by atoms with Gasteiger partial charge in [0.2, 0.25) is 5.91 Å². The standard InChI is InChI=1S/C19H20N4O3S2/c1-4-23-17(15-6-5-9-27-15)21-22-19(23)28-11-16(24)20-14-10-13(18(25)26-3)8-7-12(14)2/h5-10H,4,11H2,1-3H3,(H,20,24). The number of nitrogens with zero attached hydrogens (tertiary/aromatic N) is 3. The number of anilines is 1. The number of thioether (sulfide) groups is 1. The molecule has 0 saturated carbocycles. The number of amides is 1. The van der Waals surface area contributed by atoms with Crippen molar-refractivity contribution in [2.24, 2.45) is 0 Å². The van der Waals surface area contributed by atoms with Crippen molar-refractivity contribution in [2.75, 3.05) is 18.2 Å². The molecule has 2 aromatic heterocycles. The van der Waals surface area contributed by atoms with Gasteiger partial charge in [0.05, 0.1) is 23.3 Å². The van der Waals surface area contributed by atoms with Crippen LogP contribution < -0.4 is 5.32 Å². The van der Waals surface area contributed by atoms with Crippen molar-refractivity contribution < 1.29 is 14.3 Å². The van der Waals surface area contributed by atoms with Gasteiger partial charge in [-0.25, -0.2) is 4.79 Å². The van der Waals surface area contributed by atoms with Crippen LogP contribution in [0.3, 0.4) is 0 Å². The highest BCUT2D eigenvalue weighted by Crippen LogP contribution is 2.27. The van der Waals surface area contributed by atoms with Crippen LogP contribution in [-0.2, 0) is 16.1 Å². The molecule has 0 spiro atoms. The zero-order chi connectivity index (χ0) is 20.1. The fraction of sp³-hybridized carbons (Fsp3) is 0.263. The van der Waals surface area contributed by atoms with Crippen molar-refractivity contribution in [1.29, 1.82) is 0 Å². The molecule has 3 rings (SSSR count). The van der Waals surface area contributed by atoms with E-state index < -0.39 is 5.97 Å². The van der Waals surface area contributed by atoms with E-state index in [1.165, 1.54) is 18.9 Å². The number of ether oxygens (including phenoxy) is 1. The van der Waals surface area contributed by atoms with E-state index in [2.05, 4.69) is 15.5 Å². The maximum atomic E-state index is 12.4. The monoisotopic (exact) mass is 416 g/mol. The van der Waals surface area contributed by atoms with E-state index in [-0.39, 0.29) is 11.7 Å². The lowest BCUT2D eigenvalue weighted by atomic mass is 10.1. The molecule has 0 fully saturated rings. The van der Waals surface area contributed by atoms with E-state index in [1.807, 2.05) is 35.9 Å². The molecule has 28 heavy (non-hydrogen) atoms. The molecule has 0 radical (unpaired) electrons.